The molecule has 0 bridgehead atoms. The fourth-order valence-corrected chi connectivity index (χ4v) is 0.167. The summed E-state index contributed by atoms with van der Waals surface area (Å²) < 4.78 is 9.31. The Morgan fingerprint density at radius 2 is 1.29 bits per heavy atom. The molecule has 0 saturated carbocycles. The molecular formula is C4H10HoO2. The summed E-state index contributed by atoms with van der Waals surface area (Å²) in [5, 5.41) is 0. The van der Waals surface area contributed by atoms with Gasteiger partial charge in [0.15, 0.2) is 0 Å². The van der Waals surface area contributed by atoms with Crippen molar-refractivity contribution in [3.8, 4) is 0 Å². The molecule has 1 radical (unpaired) electrons. The van der Waals surface area contributed by atoms with E-state index in [1.807, 2.05) is 0 Å². The zero-order valence-corrected chi connectivity index (χ0v) is 6.47. The molecule has 0 heterocycles. The summed E-state index contributed by atoms with van der Waals surface area (Å²) >= 11 is 0. The summed E-state index contributed by atoms with van der Waals surface area (Å²) in [6.45, 7) is 1.38. The Balaban J connectivity index is 0. The molecule has 0 aliphatic heterocycles. The van der Waals surface area contributed by atoms with Crippen molar-refractivity contribution < 1.29 is 47.2 Å². The maximum absolute atomic E-state index is 4.66. The molecule has 0 aliphatic rings. The van der Waals surface area contributed by atoms with Gasteiger partial charge in [-0.3, -0.25) is 0 Å². The minimum absolute atomic E-state index is 0. The predicted octanol–water partition coefficient (Wildman–Crippen LogP) is 0.279. The minimum atomic E-state index is 0. The van der Waals surface area contributed by atoms with Crippen LogP contribution in [0.4, 0.5) is 0 Å². The van der Waals surface area contributed by atoms with Crippen molar-refractivity contribution in [2.24, 2.45) is 0 Å². The van der Waals surface area contributed by atoms with Crippen LogP contribution in [0.15, 0.2) is 0 Å². The summed E-state index contributed by atoms with van der Waals surface area (Å²) in [5.74, 6) is 0. The van der Waals surface area contributed by atoms with Gasteiger partial charge in [-0.15, -0.1) is 0 Å². The Hall–Kier alpha value is 1.18. The molecule has 0 rings (SSSR count). The fourth-order valence-electron chi connectivity index (χ4n) is 0.167. The average molecular weight is 255 g/mol. The molecule has 2 nitrogen and oxygen atoms in total. The van der Waals surface area contributed by atoms with Crippen LogP contribution >= 0.6 is 0 Å². The Morgan fingerprint density at radius 1 is 1.00 bits per heavy atom. The smallest absolute Gasteiger partial charge is 0.0696 e. The van der Waals surface area contributed by atoms with E-state index in [2.05, 4.69) is 9.47 Å². The first kappa shape index (κ1) is 11.0. The number of hydrogen-bond acceptors (Lipinski definition) is 2. The van der Waals surface area contributed by atoms with E-state index in [1.165, 1.54) is 0 Å². The van der Waals surface area contributed by atoms with Gasteiger partial charge in [-0.05, 0) is 0 Å². The van der Waals surface area contributed by atoms with E-state index in [0.717, 1.165) is 0 Å². The molecule has 0 unspecified atom stereocenters. The minimum Gasteiger partial charge on any atom is -0.382 e. The molecule has 0 N–H and O–H groups in total. The van der Waals surface area contributed by atoms with Gasteiger partial charge in [0.05, 0.1) is 13.2 Å². The molecule has 0 saturated heterocycles. The number of hydrogen-bond donors (Lipinski definition) is 0. The van der Waals surface area contributed by atoms with Gasteiger partial charge in [-0.25, -0.2) is 0 Å². The summed E-state index contributed by atoms with van der Waals surface area (Å²) in [6.07, 6.45) is 0. The topological polar surface area (TPSA) is 18.5 Å². The first-order valence-corrected chi connectivity index (χ1v) is 1.89. The largest absolute Gasteiger partial charge is 0.382 e. The van der Waals surface area contributed by atoms with Crippen LogP contribution in [0.5, 0.6) is 0 Å². The standard InChI is InChI=1S/C4H10O2.Ho/c1-5-3-4-6-2;/h3-4H2,1-2H3;. The van der Waals surface area contributed by atoms with Crippen LogP contribution in [-0.4, -0.2) is 27.4 Å². The predicted molar refractivity (Wildman–Crippen MR) is 23.8 cm³/mol. The number of ether oxygens (including phenoxy) is 2. The second-order valence-corrected chi connectivity index (χ2v) is 0.986. The molecule has 0 atom stereocenters. The molecule has 0 aromatic carbocycles. The fraction of sp³-hybridized carbons (Fsp3) is 1.00. The summed E-state index contributed by atoms with van der Waals surface area (Å²) in [4.78, 5) is 0. The van der Waals surface area contributed by atoms with Crippen LogP contribution in [0.25, 0.3) is 0 Å². The monoisotopic (exact) mass is 255 g/mol. The molecule has 0 aromatic rings. The van der Waals surface area contributed by atoms with Gasteiger partial charge in [-0.1, -0.05) is 0 Å². The van der Waals surface area contributed by atoms with Crippen LogP contribution in [0.2, 0.25) is 0 Å². The van der Waals surface area contributed by atoms with Gasteiger partial charge in [0.1, 0.15) is 0 Å². The van der Waals surface area contributed by atoms with Gasteiger partial charge in [0.2, 0.25) is 0 Å². The zero-order chi connectivity index (χ0) is 4.83. The second-order valence-electron chi connectivity index (χ2n) is 0.986. The van der Waals surface area contributed by atoms with Crippen molar-refractivity contribution in [3.63, 3.8) is 0 Å². The summed E-state index contributed by atoms with van der Waals surface area (Å²) in [6, 6.07) is 0. The maximum atomic E-state index is 4.66. The second kappa shape index (κ2) is 10.2. The van der Waals surface area contributed by atoms with Crippen molar-refractivity contribution in [1.29, 1.82) is 0 Å². The van der Waals surface area contributed by atoms with Crippen molar-refractivity contribution in [2.75, 3.05) is 27.4 Å². The molecule has 3 heteroatoms. The molecule has 7 heavy (non-hydrogen) atoms. The van der Waals surface area contributed by atoms with Crippen molar-refractivity contribution in [1.82, 2.24) is 0 Å². The van der Waals surface area contributed by atoms with Gasteiger partial charge in [0, 0.05) is 52.0 Å². The van der Waals surface area contributed by atoms with Crippen LogP contribution in [0.3, 0.4) is 0 Å². The van der Waals surface area contributed by atoms with E-state index >= 15 is 0 Å². The van der Waals surface area contributed by atoms with E-state index in [9.17, 15) is 0 Å². The van der Waals surface area contributed by atoms with Crippen LogP contribution in [0.1, 0.15) is 0 Å². The Labute approximate surface area is 74.2 Å². The van der Waals surface area contributed by atoms with Gasteiger partial charge in [-0.2, -0.15) is 0 Å². The van der Waals surface area contributed by atoms with E-state index in [1.54, 1.807) is 14.2 Å². The number of methoxy groups -OCH3 is 2. The van der Waals surface area contributed by atoms with Crippen molar-refractivity contribution >= 4 is 0 Å². The van der Waals surface area contributed by atoms with E-state index in [4.69, 9.17) is 0 Å². The van der Waals surface area contributed by atoms with Crippen LogP contribution in [0, 0.1) is 37.7 Å². The average Bonchev–Trinajstić information content (AvgIpc) is 1.61. The van der Waals surface area contributed by atoms with Gasteiger partial charge >= 0.3 is 0 Å². The third-order valence-corrected chi connectivity index (χ3v) is 0.492. The van der Waals surface area contributed by atoms with E-state index in [0.29, 0.717) is 13.2 Å². The molecule has 0 aliphatic carbocycles. The zero-order valence-electron chi connectivity index (χ0n) is 4.53. The van der Waals surface area contributed by atoms with Gasteiger partial charge in [0.25, 0.3) is 0 Å². The Kier molecular flexibility index (Phi) is 16.1. The third kappa shape index (κ3) is 11.0. The molecule has 0 spiro atoms. The maximum Gasteiger partial charge on any atom is 0.0696 e. The number of rotatable bonds is 3. The van der Waals surface area contributed by atoms with Crippen LogP contribution in [-0.2, 0) is 9.47 Å². The van der Waals surface area contributed by atoms with Crippen LogP contribution < -0.4 is 0 Å². The summed E-state index contributed by atoms with van der Waals surface area (Å²) in [7, 11) is 3.30. The first-order chi connectivity index (χ1) is 2.91. The quantitative estimate of drug-likeness (QED) is 0.532. The molecule has 0 aromatic heterocycles. The first-order valence-electron chi connectivity index (χ1n) is 1.89. The van der Waals surface area contributed by atoms with Crippen molar-refractivity contribution in [2.45, 2.75) is 0 Å². The Morgan fingerprint density at radius 3 is 1.43 bits per heavy atom. The van der Waals surface area contributed by atoms with Gasteiger partial charge < -0.3 is 9.47 Å². The SMILES string of the molecule is COCCOC.[Ho]. The van der Waals surface area contributed by atoms with Crippen molar-refractivity contribution in [3.05, 3.63) is 0 Å². The molecule has 0 amide bonds. The normalized spacial score (nSPS) is 7.71. The summed E-state index contributed by atoms with van der Waals surface area (Å²) in [5.41, 5.74) is 0. The Bertz CT molecular complexity index is 21.7. The molecular weight excluding hydrogens is 245 g/mol. The van der Waals surface area contributed by atoms with E-state index in [-0.39, 0.29) is 37.7 Å². The molecule has 49 valence electrons. The molecule has 0 fully saturated rings. The van der Waals surface area contributed by atoms with E-state index < -0.39 is 0 Å². The third-order valence-electron chi connectivity index (χ3n) is 0.492.